The molecular formula is C19H15ClN4O4S. The fourth-order valence-electron chi connectivity index (χ4n) is 3.18. The standard InChI is InChI=1S/C19H15ClN4O4S/c20-18-7-6-17-16(23-18)10-12(2-1-3-19(25)26)24(17)29(27,28)13-4-5-14-15(11-13)22-9-8-21-14/h4-11H,1-3H2,(H,25,26). The average Bonchev–Trinajstić information content (AvgIpc) is 3.05. The van der Waals surface area contributed by atoms with Crippen molar-refractivity contribution in [1.82, 2.24) is 18.9 Å². The minimum absolute atomic E-state index is 0.0532. The first-order valence-corrected chi connectivity index (χ1v) is 10.5. The van der Waals surface area contributed by atoms with Crippen LogP contribution in [0.3, 0.4) is 0 Å². The Morgan fingerprint density at radius 1 is 1.03 bits per heavy atom. The minimum atomic E-state index is -3.99. The molecule has 0 fully saturated rings. The van der Waals surface area contributed by atoms with Crippen LogP contribution in [0.1, 0.15) is 18.5 Å². The second-order valence-corrected chi connectivity index (χ2v) is 8.57. The van der Waals surface area contributed by atoms with E-state index in [0.717, 1.165) is 0 Å². The van der Waals surface area contributed by atoms with Gasteiger partial charge in [-0.25, -0.2) is 17.4 Å². The molecule has 0 saturated heterocycles. The fraction of sp³-hybridized carbons (Fsp3) is 0.158. The highest BCUT2D eigenvalue weighted by Crippen LogP contribution is 2.28. The predicted molar refractivity (Wildman–Crippen MR) is 107 cm³/mol. The molecule has 4 aromatic rings. The predicted octanol–water partition coefficient (Wildman–Crippen LogP) is 3.28. The smallest absolute Gasteiger partial charge is 0.303 e. The van der Waals surface area contributed by atoms with Gasteiger partial charge in [-0.05, 0) is 49.2 Å². The maximum absolute atomic E-state index is 13.5. The molecule has 1 aromatic carbocycles. The fourth-order valence-corrected chi connectivity index (χ4v) is 4.91. The van der Waals surface area contributed by atoms with Gasteiger partial charge in [0, 0.05) is 24.5 Å². The molecule has 0 bridgehead atoms. The molecule has 0 unspecified atom stereocenters. The Hall–Kier alpha value is -3.04. The third-order valence-corrected chi connectivity index (χ3v) is 6.43. The highest BCUT2D eigenvalue weighted by atomic mass is 35.5. The number of nitrogens with zero attached hydrogens (tertiary/aromatic N) is 4. The van der Waals surface area contributed by atoms with Gasteiger partial charge < -0.3 is 5.11 Å². The average molecular weight is 431 g/mol. The summed E-state index contributed by atoms with van der Waals surface area (Å²) < 4.78 is 28.2. The van der Waals surface area contributed by atoms with E-state index in [9.17, 15) is 13.2 Å². The van der Waals surface area contributed by atoms with Crippen LogP contribution >= 0.6 is 11.6 Å². The first kappa shape index (κ1) is 19.3. The number of aromatic nitrogens is 4. The quantitative estimate of drug-likeness (QED) is 0.466. The van der Waals surface area contributed by atoms with E-state index in [-0.39, 0.29) is 29.3 Å². The highest BCUT2D eigenvalue weighted by Gasteiger charge is 2.24. The highest BCUT2D eigenvalue weighted by molar-refractivity contribution is 7.90. The third kappa shape index (κ3) is 3.66. The number of carboxylic acid groups (broad SMARTS) is 1. The maximum atomic E-state index is 13.5. The summed E-state index contributed by atoms with van der Waals surface area (Å²) in [5.41, 5.74) is 2.28. The Balaban J connectivity index is 1.88. The van der Waals surface area contributed by atoms with E-state index in [1.807, 2.05) is 0 Å². The number of rotatable bonds is 6. The maximum Gasteiger partial charge on any atom is 0.303 e. The number of hydrogen-bond donors (Lipinski definition) is 1. The Labute approximate surface area is 170 Å². The summed E-state index contributed by atoms with van der Waals surface area (Å²) in [4.78, 5) is 23.4. The summed E-state index contributed by atoms with van der Waals surface area (Å²) in [6, 6.07) is 9.27. The lowest BCUT2D eigenvalue weighted by molar-refractivity contribution is -0.137. The number of fused-ring (bicyclic) bond motifs is 2. The van der Waals surface area contributed by atoms with E-state index in [1.165, 1.54) is 34.6 Å². The molecule has 0 saturated carbocycles. The Morgan fingerprint density at radius 3 is 2.55 bits per heavy atom. The normalized spacial score (nSPS) is 11.9. The Kier molecular flexibility index (Phi) is 4.93. The molecule has 0 amide bonds. The molecule has 0 spiro atoms. The number of hydrogen-bond acceptors (Lipinski definition) is 6. The van der Waals surface area contributed by atoms with Crippen molar-refractivity contribution in [2.24, 2.45) is 0 Å². The van der Waals surface area contributed by atoms with E-state index in [2.05, 4.69) is 15.0 Å². The van der Waals surface area contributed by atoms with Crippen LogP contribution in [-0.4, -0.2) is 38.4 Å². The van der Waals surface area contributed by atoms with Crippen LogP contribution in [0, 0.1) is 0 Å². The van der Waals surface area contributed by atoms with Gasteiger partial charge in [-0.15, -0.1) is 0 Å². The largest absolute Gasteiger partial charge is 0.481 e. The van der Waals surface area contributed by atoms with Crippen LogP contribution < -0.4 is 0 Å². The molecular weight excluding hydrogens is 416 g/mol. The van der Waals surface area contributed by atoms with Gasteiger partial charge in [-0.2, -0.15) is 0 Å². The summed E-state index contributed by atoms with van der Waals surface area (Å²) in [5, 5.41) is 9.15. The van der Waals surface area contributed by atoms with Gasteiger partial charge in [0.2, 0.25) is 0 Å². The molecule has 148 valence electrons. The van der Waals surface area contributed by atoms with Crippen LogP contribution in [0.2, 0.25) is 5.15 Å². The van der Waals surface area contributed by atoms with Crippen LogP contribution in [0.5, 0.6) is 0 Å². The number of carboxylic acids is 1. The Morgan fingerprint density at radius 2 is 1.79 bits per heavy atom. The lowest BCUT2D eigenvalue weighted by atomic mass is 10.2. The molecule has 0 aliphatic heterocycles. The molecule has 0 aliphatic rings. The number of halogens is 1. The van der Waals surface area contributed by atoms with Crippen molar-refractivity contribution in [2.75, 3.05) is 0 Å². The molecule has 0 radical (unpaired) electrons. The Bertz CT molecular complexity index is 1350. The molecule has 8 nitrogen and oxygen atoms in total. The number of benzene rings is 1. The van der Waals surface area contributed by atoms with Crippen LogP contribution in [0.4, 0.5) is 0 Å². The summed E-state index contributed by atoms with van der Waals surface area (Å²) in [6.45, 7) is 0. The van der Waals surface area contributed by atoms with Crippen LogP contribution in [0.15, 0.2) is 53.7 Å². The number of pyridine rings is 1. The van der Waals surface area contributed by atoms with E-state index in [0.29, 0.717) is 27.8 Å². The first-order valence-electron chi connectivity index (χ1n) is 8.71. The van der Waals surface area contributed by atoms with Crippen molar-refractivity contribution < 1.29 is 18.3 Å². The zero-order valence-electron chi connectivity index (χ0n) is 15.0. The zero-order valence-corrected chi connectivity index (χ0v) is 16.6. The molecule has 0 aliphatic carbocycles. The first-order chi connectivity index (χ1) is 13.9. The van der Waals surface area contributed by atoms with Crippen molar-refractivity contribution in [3.05, 3.63) is 59.6 Å². The zero-order chi connectivity index (χ0) is 20.6. The topological polar surface area (TPSA) is 115 Å². The molecule has 0 atom stereocenters. The molecule has 29 heavy (non-hydrogen) atoms. The molecule has 1 N–H and O–H groups in total. The van der Waals surface area contributed by atoms with Gasteiger partial charge in [0.25, 0.3) is 10.0 Å². The summed E-state index contributed by atoms with van der Waals surface area (Å²) in [7, 11) is -3.99. The lowest BCUT2D eigenvalue weighted by Crippen LogP contribution is -2.16. The van der Waals surface area contributed by atoms with Crippen LogP contribution in [-0.2, 0) is 21.2 Å². The third-order valence-electron chi connectivity index (χ3n) is 4.45. The number of aliphatic carboxylic acids is 1. The summed E-state index contributed by atoms with van der Waals surface area (Å²) in [6.07, 6.45) is 3.51. The minimum Gasteiger partial charge on any atom is -0.481 e. The number of carbonyl (C=O) groups is 1. The second kappa shape index (κ2) is 7.41. The van der Waals surface area contributed by atoms with Crippen molar-refractivity contribution in [3.8, 4) is 0 Å². The van der Waals surface area contributed by atoms with Gasteiger partial charge >= 0.3 is 5.97 Å². The number of aryl methyl sites for hydroxylation is 1. The summed E-state index contributed by atoms with van der Waals surface area (Å²) in [5.74, 6) is -0.940. The van der Waals surface area contributed by atoms with Gasteiger partial charge in [-0.3, -0.25) is 14.8 Å². The molecule has 4 rings (SSSR count). The van der Waals surface area contributed by atoms with Crippen molar-refractivity contribution in [3.63, 3.8) is 0 Å². The second-order valence-electron chi connectivity index (χ2n) is 6.40. The van der Waals surface area contributed by atoms with Crippen LogP contribution in [0.25, 0.3) is 22.1 Å². The monoisotopic (exact) mass is 430 g/mol. The van der Waals surface area contributed by atoms with Gasteiger partial charge in [0.1, 0.15) is 5.15 Å². The summed E-state index contributed by atoms with van der Waals surface area (Å²) >= 11 is 5.96. The lowest BCUT2D eigenvalue weighted by Gasteiger charge is -2.12. The molecule has 3 heterocycles. The van der Waals surface area contributed by atoms with E-state index >= 15 is 0 Å². The van der Waals surface area contributed by atoms with Crippen molar-refractivity contribution in [1.29, 1.82) is 0 Å². The van der Waals surface area contributed by atoms with E-state index in [1.54, 1.807) is 18.2 Å². The molecule has 3 aromatic heterocycles. The van der Waals surface area contributed by atoms with Crippen molar-refractivity contribution in [2.45, 2.75) is 24.2 Å². The molecule has 10 heteroatoms. The van der Waals surface area contributed by atoms with Gasteiger partial charge in [0.05, 0.1) is 27.0 Å². The SMILES string of the molecule is O=C(O)CCCc1cc2nc(Cl)ccc2n1S(=O)(=O)c1ccc2nccnc2c1. The van der Waals surface area contributed by atoms with Gasteiger partial charge in [0.15, 0.2) is 0 Å². The van der Waals surface area contributed by atoms with E-state index in [4.69, 9.17) is 16.7 Å². The van der Waals surface area contributed by atoms with Crippen molar-refractivity contribution >= 4 is 49.7 Å². The van der Waals surface area contributed by atoms with Gasteiger partial charge in [-0.1, -0.05) is 11.6 Å². The van der Waals surface area contributed by atoms with E-state index < -0.39 is 16.0 Å².